The lowest BCUT2D eigenvalue weighted by molar-refractivity contribution is 0.105. The van der Waals surface area contributed by atoms with Crippen LogP contribution in [0.15, 0.2) is 47.3 Å². The Kier molecular flexibility index (Phi) is 5.16. The second kappa shape index (κ2) is 7.09. The van der Waals surface area contributed by atoms with Crippen LogP contribution in [-0.2, 0) is 0 Å². The van der Waals surface area contributed by atoms with Crippen molar-refractivity contribution in [3.63, 3.8) is 0 Å². The van der Waals surface area contributed by atoms with Crippen molar-refractivity contribution in [1.82, 2.24) is 4.98 Å². The van der Waals surface area contributed by atoms with E-state index in [0.717, 1.165) is 6.26 Å². The van der Waals surface area contributed by atoms with E-state index in [2.05, 4.69) is 20.9 Å². The van der Waals surface area contributed by atoms with Crippen LogP contribution in [0.2, 0.25) is 0 Å². The summed E-state index contributed by atoms with van der Waals surface area (Å²) < 4.78 is 11.0. The molecule has 0 spiro atoms. The number of rotatable bonds is 5. The van der Waals surface area contributed by atoms with E-state index in [-0.39, 0.29) is 11.5 Å². The van der Waals surface area contributed by atoms with Gasteiger partial charge in [-0.05, 0) is 34.1 Å². The van der Waals surface area contributed by atoms with E-state index >= 15 is 0 Å². The van der Waals surface area contributed by atoms with Gasteiger partial charge in [-0.2, -0.15) is 0 Å². The minimum Gasteiger partial charge on any atom is -0.515 e. The highest BCUT2D eigenvalue weighted by Gasteiger charge is 2.22. The Hall–Kier alpha value is -2.34. The third-order valence-corrected chi connectivity index (χ3v) is 3.46. The van der Waals surface area contributed by atoms with Gasteiger partial charge in [-0.3, -0.25) is 4.79 Å². The van der Waals surface area contributed by atoms with Crippen LogP contribution in [0, 0.1) is 0 Å². The van der Waals surface area contributed by atoms with Crippen molar-refractivity contribution in [2.45, 2.75) is 0 Å². The first kappa shape index (κ1) is 16.0. The topological polar surface area (TPSA) is 68.7 Å². The lowest BCUT2D eigenvalue weighted by Gasteiger charge is -2.12. The summed E-state index contributed by atoms with van der Waals surface area (Å²) in [6.07, 6.45) is 2.30. The highest BCUT2D eigenvalue weighted by atomic mass is 79.9. The smallest absolute Gasteiger partial charge is 0.221 e. The molecule has 0 amide bonds. The molecule has 0 radical (unpaired) electrons. The first-order valence-electron chi connectivity index (χ1n) is 6.34. The molecule has 0 saturated carbocycles. The van der Waals surface area contributed by atoms with Crippen molar-refractivity contribution in [2.24, 2.45) is 0 Å². The number of carbonyl (C=O) groups is 1. The molecule has 1 aromatic carbocycles. The van der Waals surface area contributed by atoms with Gasteiger partial charge in [0.1, 0.15) is 5.75 Å². The van der Waals surface area contributed by atoms with E-state index in [0.29, 0.717) is 21.3 Å². The van der Waals surface area contributed by atoms with Crippen molar-refractivity contribution in [1.29, 1.82) is 0 Å². The number of nitrogens with zero attached hydrogens (tertiary/aromatic N) is 1. The number of ether oxygens (including phenoxy) is 2. The molecule has 2 aromatic rings. The van der Waals surface area contributed by atoms with E-state index in [1.807, 2.05) is 0 Å². The van der Waals surface area contributed by atoms with Crippen molar-refractivity contribution in [3.8, 4) is 11.6 Å². The van der Waals surface area contributed by atoms with Gasteiger partial charge in [-0.1, -0.05) is 12.1 Å². The quantitative estimate of drug-likeness (QED) is 0.498. The maximum Gasteiger partial charge on any atom is 0.221 e. The number of hydrogen-bond donors (Lipinski definition) is 1. The van der Waals surface area contributed by atoms with E-state index in [4.69, 9.17) is 9.47 Å². The number of aromatic nitrogens is 1. The van der Waals surface area contributed by atoms with Crippen LogP contribution >= 0.6 is 15.9 Å². The van der Waals surface area contributed by atoms with E-state index < -0.39 is 5.78 Å². The molecular weight excluding hydrogens is 350 g/mol. The van der Waals surface area contributed by atoms with Gasteiger partial charge in [-0.15, -0.1) is 0 Å². The fourth-order valence-corrected chi connectivity index (χ4v) is 2.34. The third kappa shape index (κ3) is 3.12. The van der Waals surface area contributed by atoms with Crippen molar-refractivity contribution in [3.05, 3.63) is 58.4 Å². The molecule has 0 bridgehead atoms. The lowest BCUT2D eigenvalue weighted by Crippen LogP contribution is -2.07. The fraction of sp³-hybridized carbons (Fsp3) is 0.125. The molecule has 0 fully saturated rings. The largest absolute Gasteiger partial charge is 0.515 e. The highest BCUT2D eigenvalue weighted by Crippen LogP contribution is 2.31. The van der Waals surface area contributed by atoms with Gasteiger partial charge in [0.2, 0.25) is 11.7 Å². The second-order valence-corrected chi connectivity index (χ2v) is 5.20. The minimum absolute atomic E-state index is 0.0650. The zero-order chi connectivity index (χ0) is 16.1. The molecule has 5 nitrogen and oxygen atoms in total. The highest BCUT2D eigenvalue weighted by molar-refractivity contribution is 9.10. The number of para-hydroxylation sites is 1. The molecule has 0 unspecified atom stereocenters. The van der Waals surface area contributed by atoms with E-state index in [1.54, 1.807) is 36.5 Å². The van der Waals surface area contributed by atoms with Gasteiger partial charge in [0.05, 0.1) is 37.2 Å². The normalized spacial score (nSPS) is 11.1. The molecule has 0 saturated heterocycles. The molecular formula is C16H14BrNO4. The summed E-state index contributed by atoms with van der Waals surface area (Å²) in [4.78, 5) is 16.8. The Balaban J connectivity index is 2.54. The zero-order valence-electron chi connectivity index (χ0n) is 12.0. The number of carbonyl (C=O) groups excluding carboxylic acids is 1. The zero-order valence-corrected chi connectivity index (χ0v) is 13.6. The summed E-state index contributed by atoms with van der Waals surface area (Å²) in [6, 6.07) is 8.45. The first-order chi connectivity index (χ1) is 10.6. The van der Waals surface area contributed by atoms with E-state index in [9.17, 15) is 9.90 Å². The number of hydrogen-bond acceptors (Lipinski definition) is 5. The Morgan fingerprint density at radius 1 is 1.23 bits per heavy atom. The number of Topliss-reactive ketones (excluding diaryl/α,β-unsaturated/α-hetero) is 1. The number of methoxy groups -OCH3 is 2. The summed E-state index contributed by atoms with van der Waals surface area (Å²) in [7, 11) is 2.93. The average Bonchev–Trinajstić information content (AvgIpc) is 2.55. The standard InChI is InChI=1S/C16H14BrNO4/c1-21-14-6-4-3-5-11(14)15(20)13(9-19)12-7-10(17)8-18-16(12)22-2/h3-9,19H,1-2H3/b13-9+. The molecule has 1 aromatic heterocycles. The van der Waals surface area contributed by atoms with Gasteiger partial charge < -0.3 is 14.6 Å². The van der Waals surface area contributed by atoms with Crippen LogP contribution in [0.5, 0.6) is 11.6 Å². The summed E-state index contributed by atoms with van der Waals surface area (Å²) in [5.41, 5.74) is 0.790. The van der Waals surface area contributed by atoms with Crippen LogP contribution in [0.25, 0.3) is 5.57 Å². The maximum absolute atomic E-state index is 12.7. The monoisotopic (exact) mass is 363 g/mol. The Labute approximate surface area is 136 Å². The molecule has 0 aliphatic carbocycles. The summed E-state index contributed by atoms with van der Waals surface area (Å²) in [5.74, 6) is 0.277. The number of halogens is 1. The number of benzene rings is 1. The van der Waals surface area contributed by atoms with Crippen LogP contribution in [0.3, 0.4) is 0 Å². The molecule has 0 aliphatic heterocycles. The summed E-state index contributed by atoms with van der Waals surface area (Å²) in [5, 5.41) is 9.56. The number of ketones is 1. The van der Waals surface area contributed by atoms with Crippen LogP contribution in [0.4, 0.5) is 0 Å². The second-order valence-electron chi connectivity index (χ2n) is 4.28. The van der Waals surface area contributed by atoms with Crippen molar-refractivity contribution in [2.75, 3.05) is 14.2 Å². The van der Waals surface area contributed by atoms with Crippen molar-refractivity contribution < 1.29 is 19.4 Å². The molecule has 22 heavy (non-hydrogen) atoms. The molecule has 1 heterocycles. The molecule has 114 valence electrons. The predicted molar refractivity (Wildman–Crippen MR) is 86.4 cm³/mol. The number of allylic oxidation sites excluding steroid dienone is 1. The minimum atomic E-state index is -0.391. The molecule has 1 N–H and O–H groups in total. The average molecular weight is 364 g/mol. The molecule has 2 rings (SSSR count). The van der Waals surface area contributed by atoms with E-state index in [1.165, 1.54) is 14.2 Å². The first-order valence-corrected chi connectivity index (χ1v) is 7.13. The van der Waals surface area contributed by atoms with Gasteiger partial charge in [-0.25, -0.2) is 4.98 Å². The van der Waals surface area contributed by atoms with Gasteiger partial charge in [0, 0.05) is 10.7 Å². The SMILES string of the molecule is COc1ccccc1C(=O)/C(=C/O)c1cc(Br)cnc1OC. The Morgan fingerprint density at radius 2 is 1.95 bits per heavy atom. The molecule has 0 atom stereocenters. The number of pyridine rings is 1. The number of aliphatic hydroxyl groups is 1. The third-order valence-electron chi connectivity index (χ3n) is 3.03. The Morgan fingerprint density at radius 3 is 2.59 bits per heavy atom. The number of aliphatic hydroxyl groups excluding tert-OH is 1. The Bertz CT molecular complexity index is 728. The summed E-state index contributed by atoms with van der Waals surface area (Å²) >= 11 is 3.29. The summed E-state index contributed by atoms with van der Waals surface area (Å²) in [6.45, 7) is 0. The predicted octanol–water partition coefficient (Wildman–Crippen LogP) is 3.64. The molecule has 0 aliphatic rings. The fourth-order valence-electron chi connectivity index (χ4n) is 2.01. The van der Waals surface area contributed by atoms with Crippen LogP contribution < -0.4 is 9.47 Å². The van der Waals surface area contributed by atoms with Crippen molar-refractivity contribution >= 4 is 27.3 Å². The maximum atomic E-state index is 12.7. The molecule has 6 heteroatoms. The van der Waals surface area contributed by atoms with Gasteiger partial charge in [0.25, 0.3) is 0 Å². The van der Waals surface area contributed by atoms with Gasteiger partial charge in [0.15, 0.2) is 0 Å². The van der Waals surface area contributed by atoms with Crippen LogP contribution in [0.1, 0.15) is 15.9 Å². The van der Waals surface area contributed by atoms with Gasteiger partial charge >= 0.3 is 0 Å². The lowest BCUT2D eigenvalue weighted by atomic mass is 9.98. The van der Waals surface area contributed by atoms with Crippen LogP contribution in [-0.4, -0.2) is 30.1 Å².